The first-order valence-electron chi connectivity index (χ1n) is 7.63. The van der Waals surface area contributed by atoms with Crippen molar-refractivity contribution >= 4 is 50.7 Å². The third kappa shape index (κ3) is 5.62. The third-order valence-corrected chi connectivity index (χ3v) is 4.79. The summed E-state index contributed by atoms with van der Waals surface area (Å²) < 4.78 is 17.2. The van der Waals surface area contributed by atoms with Gasteiger partial charge in [-0.05, 0) is 19.1 Å². The molecule has 1 N–H and O–H groups in total. The fraction of sp³-hybridized carbons (Fsp3) is 0.235. The van der Waals surface area contributed by atoms with Crippen LogP contribution in [0.2, 0.25) is 5.02 Å². The van der Waals surface area contributed by atoms with Crippen molar-refractivity contribution in [3.8, 4) is 0 Å². The van der Waals surface area contributed by atoms with Gasteiger partial charge in [0.25, 0.3) is 0 Å². The van der Waals surface area contributed by atoms with Crippen LogP contribution in [0.5, 0.6) is 0 Å². The van der Waals surface area contributed by atoms with E-state index in [1.807, 2.05) is 5.38 Å². The van der Waals surface area contributed by atoms with Crippen LogP contribution in [-0.2, 0) is 9.53 Å². The molecule has 0 unspecified atom stereocenters. The Balaban J connectivity index is 0.000000254. The monoisotopic (exact) mass is 459 g/mol. The fourth-order valence-electron chi connectivity index (χ4n) is 1.93. The smallest absolute Gasteiger partial charge is 0.337 e. The van der Waals surface area contributed by atoms with Crippen LogP contribution in [0, 0.1) is 5.82 Å². The molecule has 0 amide bonds. The Morgan fingerprint density at radius 1 is 1.46 bits per heavy atom. The molecule has 0 aliphatic carbocycles. The molecule has 3 rings (SSSR count). The van der Waals surface area contributed by atoms with Crippen molar-refractivity contribution in [1.82, 2.24) is 10.3 Å². The van der Waals surface area contributed by atoms with Crippen LogP contribution in [0.4, 0.5) is 4.39 Å². The first-order valence-corrected chi connectivity index (χ1v) is 10.0. The van der Waals surface area contributed by atoms with Crippen molar-refractivity contribution < 1.29 is 13.9 Å². The summed E-state index contributed by atoms with van der Waals surface area (Å²) in [5.41, 5.74) is 1.35. The minimum Gasteiger partial charge on any atom is -0.463 e. The molecule has 1 aromatic carbocycles. The Kier molecular flexibility index (Phi) is 8.21. The van der Waals surface area contributed by atoms with Crippen molar-refractivity contribution in [2.24, 2.45) is 4.99 Å². The molecule has 1 aliphatic heterocycles. The Hall–Kier alpha value is -1.77. The van der Waals surface area contributed by atoms with Crippen molar-refractivity contribution in [3.05, 3.63) is 63.0 Å². The number of nitrogens with one attached hydrogen (secondary N) is 1. The molecule has 0 spiro atoms. The number of aliphatic imine (C=N–C) groups is 1. The van der Waals surface area contributed by atoms with Crippen molar-refractivity contribution in [1.29, 1.82) is 0 Å². The number of halogens is 3. The highest BCUT2D eigenvalue weighted by Gasteiger charge is 2.22. The van der Waals surface area contributed by atoms with Crippen LogP contribution in [0.3, 0.4) is 0 Å². The number of rotatable bonds is 4. The van der Waals surface area contributed by atoms with Crippen molar-refractivity contribution in [2.75, 3.05) is 18.5 Å². The first-order chi connectivity index (χ1) is 12.6. The van der Waals surface area contributed by atoms with Crippen molar-refractivity contribution in [3.63, 3.8) is 0 Å². The van der Waals surface area contributed by atoms with Crippen LogP contribution in [0.15, 0.2) is 52.1 Å². The highest BCUT2D eigenvalue weighted by Crippen LogP contribution is 2.16. The van der Waals surface area contributed by atoms with E-state index in [0.29, 0.717) is 29.9 Å². The average Bonchev–Trinajstić information content (AvgIpc) is 3.19. The summed E-state index contributed by atoms with van der Waals surface area (Å²) >= 11 is 10.2. The molecule has 5 nitrogen and oxygen atoms in total. The number of hydrogen-bond donors (Lipinski definition) is 1. The number of ether oxygens (including phenoxy) is 1. The maximum Gasteiger partial charge on any atom is 0.337 e. The lowest BCUT2D eigenvalue weighted by molar-refractivity contribution is -0.138. The van der Waals surface area contributed by atoms with Gasteiger partial charge in [0.2, 0.25) is 0 Å². The topological polar surface area (TPSA) is 63.6 Å². The molecule has 1 aliphatic rings. The van der Waals surface area contributed by atoms with E-state index in [4.69, 9.17) is 16.3 Å². The SMILES string of the molecule is CCOC(=O)C1=C(CBr)NC(c2nccs2)=NC1.Fc1ccccc1Cl. The molecule has 0 radical (unpaired) electrons. The Labute approximate surface area is 168 Å². The summed E-state index contributed by atoms with van der Waals surface area (Å²) in [7, 11) is 0. The minimum atomic E-state index is -0.367. The molecule has 2 aromatic rings. The maximum atomic E-state index is 12.2. The van der Waals surface area contributed by atoms with E-state index >= 15 is 0 Å². The van der Waals surface area contributed by atoms with Crippen LogP contribution in [0.1, 0.15) is 11.9 Å². The number of amidine groups is 1. The highest BCUT2D eigenvalue weighted by atomic mass is 79.9. The molecule has 2 heterocycles. The highest BCUT2D eigenvalue weighted by molar-refractivity contribution is 9.09. The van der Waals surface area contributed by atoms with E-state index in [1.54, 1.807) is 25.3 Å². The number of carbonyl (C=O) groups excluding carboxylic acids is 1. The number of esters is 1. The molecule has 0 saturated heterocycles. The van der Waals surface area contributed by atoms with Gasteiger partial charge >= 0.3 is 5.97 Å². The first kappa shape index (κ1) is 20.5. The number of hydrogen-bond acceptors (Lipinski definition) is 6. The zero-order valence-corrected chi connectivity index (χ0v) is 17.0. The van der Waals surface area contributed by atoms with Gasteiger partial charge in [-0.2, -0.15) is 0 Å². The number of aromatic nitrogens is 1. The van der Waals surface area contributed by atoms with Crippen molar-refractivity contribution in [2.45, 2.75) is 6.92 Å². The van der Waals surface area contributed by atoms with E-state index < -0.39 is 0 Å². The number of thiazole rings is 1. The van der Waals surface area contributed by atoms with Gasteiger partial charge in [-0.15, -0.1) is 11.3 Å². The van der Waals surface area contributed by atoms with E-state index in [1.165, 1.54) is 23.5 Å². The molecule has 0 atom stereocenters. The Bertz CT molecular complexity index is 791. The summed E-state index contributed by atoms with van der Waals surface area (Å²) in [6, 6.07) is 6.12. The molecule has 0 saturated carbocycles. The summed E-state index contributed by atoms with van der Waals surface area (Å²) in [5, 5.41) is 6.55. The molecular formula is C17H16BrClFN3O2S. The van der Waals surface area contributed by atoms with Crippen LogP contribution < -0.4 is 5.32 Å². The minimum absolute atomic E-state index is 0.174. The second-order valence-corrected chi connectivity index (χ2v) is 6.71. The summed E-state index contributed by atoms with van der Waals surface area (Å²) in [6.07, 6.45) is 1.72. The summed E-state index contributed by atoms with van der Waals surface area (Å²) in [5.74, 6) is 0.0167. The van der Waals surface area contributed by atoms with E-state index in [-0.39, 0.29) is 16.8 Å². The number of benzene rings is 1. The van der Waals surface area contributed by atoms with Gasteiger partial charge in [-0.1, -0.05) is 39.7 Å². The van der Waals surface area contributed by atoms with Crippen LogP contribution >= 0.6 is 38.9 Å². The third-order valence-electron chi connectivity index (χ3n) is 3.14. The van der Waals surface area contributed by atoms with Crippen LogP contribution in [0.25, 0.3) is 0 Å². The average molecular weight is 461 g/mol. The molecule has 26 heavy (non-hydrogen) atoms. The normalized spacial score (nSPS) is 13.3. The fourth-order valence-corrected chi connectivity index (χ4v) is 3.15. The van der Waals surface area contributed by atoms with Gasteiger partial charge in [-0.3, -0.25) is 4.99 Å². The number of allylic oxidation sites excluding steroid dienone is 1. The van der Waals surface area contributed by atoms with E-state index in [0.717, 1.165) is 10.7 Å². The lowest BCUT2D eigenvalue weighted by Crippen LogP contribution is -2.33. The zero-order chi connectivity index (χ0) is 18.9. The number of nitrogens with zero attached hydrogens (tertiary/aromatic N) is 2. The molecule has 138 valence electrons. The zero-order valence-electron chi connectivity index (χ0n) is 13.8. The van der Waals surface area contributed by atoms with Gasteiger partial charge in [0, 0.05) is 22.6 Å². The molecule has 0 bridgehead atoms. The molecule has 1 aromatic heterocycles. The van der Waals surface area contributed by atoms with Gasteiger partial charge in [0.05, 0.1) is 23.7 Å². The van der Waals surface area contributed by atoms with Crippen LogP contribution in [-0.4, -0.2) is 35.3 Å². The molecule has 0 fully saturated rings. The second kappa shape index (κ2) is 10.4. The largest absolute Gasteiger partial charge is 0.463 e. The molecular weight excluding hydrogens is 445 g/mol. The standard InChI is InChI=1S/C11H12BrN3O2S.C6H4ClF/c1-2-17-11(16)7-6-14-9(15-8(7)5-12)10-13-3-4-18-10;7-5-3-1-2-4-6(5)8/h3-4H,2,5-6H2,1H3,(H,14,15);1-4H. The predicted molar refractivity (Wildman–Crippen MR) is 106 cm³/mol. The van der Waals surface area contributed by atoms with Gasteiger partial charge in [0.1, 0.15) is 5.82 Å². The Morgan fingerprint density at radius 3 is 2.77 bits per heavy atom. The molecule has 9 heteroatoms. The number of alkyl halides is 1. The maximum absolute atomic E-state index is 12.2. The van der Waals surface area contributed by atoms with E-state index in [2.05, 4.69) is 31.2 Å². The quantitative estimate of drug-likeness (QED) is 0.549. The van der Waals surface area contributed by atoms with E-state index in [9.17, 15) is 9.18 Å². The van der Waals surface area contributed by atoms with Gasteiger partial charge < -0.3 is 10.1 Å². The Morgan fingerprint density at radius 2 is 2.23 bits per heavy atom. The number of carbonyl (C=O) groups is 1. The predicted octanol–water partition coefficient (Wildman–Crippen LogP) is 4.18. The van der Waals surface area contributed by atoms with Gasteiger partial charge in [-0.25, -0.2) is 14.2 Å². The second-order valence-electron chi connectivity index (χ2n) is 4.85. The van der Waals surface area contributed by atoms with Gasteiger partial charge in [0.15, 0.2) is 10.8 Å². The lowest BCUT2D eigenvalue weighted by atomic mass is 10.2. The summed E-state index contributed by atoms with van der Waals surface area (Å²) in [6.45, 7) is 2.47. The summed E-state index contributed by atoms with van der Waals surface area (Å²) in [4.78, 5) is 20.3. The lowest BCUT2D eigenvalue weighted by Gasteiger charge is -2.18.